The molecule has 1 aliphatic rings. The fraction of sp³-hybridized carbons (Fsp3) is 1.00. The van der Waals surface area contributed by atoms with E-state index in [1.54, 1.807) is 0 Å². The third-order valence-electron chi connectivity index (χ3n) is 3.85. The van der Waals surface area contributed by atoms with Gasteiger partial charge in [0, 0.05) is 7.11 Å². The molecule has 0 aromatic carbocycles. The summed E-state index contributed by atoms with van der Waals surface area (Å²) in [6, 6.07) is 0. The largest absolute Gasteiger partial charge is 0.346 e. The monoisotopic (exact) mass is 296 g/mol. The van der Waals surface area contributed by atoms with Crippen molar-refractivity contribution in [3.63, 3.8) is 0 Å². The van der Waals surface area contributed by atoms with E-state index in [1.807, 2.05) is 0 Å². The van der Waals surface area contributed by atoms with Gasteiger partial charge in [-0.05, 0) is 12.8 Å². The molecule has 0 saturated heterocycles. The minimum absolute atomic E-state index is 0.126. The smallest absolute Gasteiger partial charge is 0.326 e. The molecular weight excluding hydrogens is 281 g/mol. The molecule has 114 valence electrons. The molecule has 0 bridgehead atoms. The van der Waals surface area contributed by atoms with Crippen LogP contribution in [0.25, 0.3) is 0 Å². The van der Waals surface area contributed by atoms with Gasteiger partial charge >= 0.3 is 5.92 Å². The summed E-state index contributed by atoms with van der Waals surface area (Å²) in [6.07, 6.45) is -2.12. The average molecular weight is 296 g/mol. The van der Waals surface area contributed by atoms with Gasteiger partial charge in [0.2, 0.25) is 11.3 Å². The number of methoxy groups -OCH3 is 1. The van der Waals surface area contributed by atoms with Crippen LogP contribution in [0.4, 0.5) is 30.7 Å². The van der Waals surface area contributed by atoms with E-state index in [9.17, 15) is 30.7 Å². The summed E-state index contributed by atoms with van der Waals surface area (Å²) in [5, 5.41) is 0. The zero-order valence-electron chi connectivity index (χ0n) is 10.8. The van der Waals surface area contributed by atoms with E-state index in [2.05, 4.69) is 4.74 Å². The Morgan fingerprint density at radius 2 is 1.37 bits per heavy atom. The second kappa shape index (κ2) is 3.99. The lowest BCUT2D eigenvalue weighted by molar-refractivity contribution is -0.406. The van der Waals surface area contributed by atoms with Gasteiger partial charge in [-0.1, -0.05) is 13.8 Å². The summed E-state index contributed by atoms with van der Waals surface area (Å²) in [5.41, 5.74) is -8.73. The molecule has 1 rings (SSSR count). The summed E-state index contributed by atoms with van der Waals surface area (Å²) in [5.74, 6) is -15.8. The van der Waals surface area contributed by atoms with Crippen molar-refractivity contribution in [3.05, 3.63) is 0 Å². The van der Waals surface area contributed by atoms with Crippen LogP contribution in [0.3, 0.4) is 0 Å². The van der Waals surface area contributed by atoms with Crippen LogP contribution in [0.5, 0.6) is 0 Å². The van der Waals surface area contributed by atoms with Crippen molar-refractivity contribution in [3.8, 4) is 0 Å². The van der Waals surface area contributed by atoms with E-state index in [1.165, 1.54) is 0 Å². The van der Waals surface area contributed by atoms with E-state index < -0.39 is 41.4 Å². The molecular formula is C11H15F7O. The molecule has 3 unspecified atom stereocenters. The highest BCUT2D eigenvalue weighted by atomic mass is 19.3. The fourth-order valence-corrected chi connectivity index (χ4v) is 2.40. The van der Waals surface area contributed by atoms with Crippen LogP contribution in [0.1, 0.15) is 27.2 Å². The SMILES string of the molecule is COC1(F)CC(F)(F)C(C)(F)C(F)(F)C1(F)C(C)C. The summed E-state index contributed by atoms with van der Waals surface area (Å²) >= 11 is 0. The van der Waals surface area contributed by atoms with Crippen LogP contribution in [-0.4, -0.2) is 36.1 Å². The van der Waals surface area contributed by atoms with Crippen LogP contribution in [0.2, 0.25) is 0 Å². The topological polar surface area (TPSA) is 9.23 Å². The normalized spacial score (nSPS) is 45.5. The van der Waals surface area contributed by atoms with Gasteiger partial charge in [-0.2, -0.15) is 8.78 Å². The van der Waals surface area contributed by atoms with Crippen molar-refractivity contribution in [2.75, 3.05) is 7.11 Å². The van der Waals surface area contributed by atoms with Gasteiger partial charge in [-0.3, -0.25) is 0 Å². The Morgan fingerprint density at radius 1 is 0.947 bits per heavy atom. The van der Waals surface area contributed by atoms with Gasteiger partial charge < -0.3 is 4.74 Å². The minimum Gasteiger partial charge on any atom is -0.346 e. The van der Waals surface area contributed by atoms with Crippen LogP contribution in [-0.2, 0) is 4.74 Å². The quantitative estimate of drug-likeness (QED) is 0.698. The van der Waals surface area contributed by atoms with Gasteiger partial charge in [0.15, 0.2) is 0 Å². The molecule has 0 aliphatic heterocycles. The zero-order valence-corrected chi connectivity index (χ0v) is 10.8. The van der Waals surface area contributed by atoms with E-state index in [4.69, 9.17) is 0 Å². The first-order chi connectivity index (χ1) is 8.21. The number of rotatable bonds is 2. The Hall–Kier alpha value is -0.530. The van der Waals surface area contributed by atoms with Crippen LogP contribution in [0.15, 0.2) is 0 Å². The first-order valence-corrected chi connectivity index (χ1v) is 5.59. The molecule has 19 heavy (non-hydrogen) atoms. The van der Waals surface area contributed by atoms with E-state index in [-0.39, 0.29) is 6.92 Å². The second-order valence-corrected chi connectivity index (χ2v) is 5.26. The van der Waals surface area contributed by atoms with Gasteiger partial charge in [0.25, 0.3) is 11.8 Å². The highest BCUT2D eigenvalue weighted by Crippen LogP contribution is 2.64. The molecule has 0 N–H and O–H groups in total. The molecule has 0 aromatic rings. The molecule has 1 nitrogen and oxygen atoms in total. The first-order valence-electron chi connectivity index (χ1n) is 5.59. The Labute approximate surface area is 106 Å². The lowest BCUT2D eigenvalue weighted by Gasteiger charge is -2.55. The zero-order chi connectivity index (χ0) is 15.5. The molecule has 1 aliphatic carbocycles. The predicted octanol–water partition coefficient (Wildman–Crippen LogP) is 4.07. The molecule has 1 fully saturated rings. The van der Waals surface area contributed by atoms with Gasteiger partial charge in [0.1, 0.15) is 0 Å². The molecule has 1 saturated carbocycles. The fourth-order valence-electron chi connectivity index (χ4n) is 2.40. The van der Waals surface area contributed by atoms with Crippen molar-refractivity contribution < 1.29 is 35.5 Å². The molecule has 0 radical (unpaired) electrons. The van der Waals surface area contributed by atoms with E-state index in [0.29, 0.717) is 7.11 Å². The average Bonchev–Trinajstić information content (AvgIpc) is 2.24. The molecule has 0 heterocycles. The van der Waals surface area contributed by atoms with Crippen molar-refractivity contribution in [2.24, 2.45) is 5.92 Å². The summed E-state index contributed by atoms with van der Waals surface area (Å²) in [7, 11) is 0.490. The summed E-state index contributed by atoms with van der Waals surface area (Å²) < 4.78 is 101. The Balaban J connectivity index is 3.60. The Kier molecular flexibility index (Phi) is 3.47. The number of alkyl halides is 7. The van der Waals surface area contributed by atoms with Gasteiger partial charge in [-0.25, -0.2) is 22.0 Å². The molecule has 3 atom stereocenters. The van der Waals surface area contributed by atoms with E-state index in [0.717, 1.165) is 13.8 Å². The standard InChI is InChI=1S/C11H15F7O/c1-6(2)10(16)9(15,19-4)5-8(13,14)7(3,12)11(10,17)18/h6H,5H2,1-4H3. The van der Waals surface area contributed by atoms with Gasteiger partial charge in [0.05, 0.1) is 6.42 Å². The maximum absolute atomic E-state index is 14.5. The highest BCUT2D eigenvalue weighted by Gasteiger charge is 2.87. The Bertz CT molecular complexity index is 368. The number of halogens is 7. The number of ether oxygens (including phenoxy) is 1. The third-order valence-corrected chi connectivity index (χ3v) is 3.85. The molecule has 0 amide bonds. The summed E-state index contributed by atoms with van der Waals surface area (Å²) in [4.78, 5) is 0. The third kappa shape index (κ3) is 1.64. The lowest BCUT2D eigenvalue weighted by Crippen LogP contribution is -2.78. The molecule has 0 aromatic heterocycles. The van der Waals surface area contributed by atoms with Crippen LogP contribution in [0, 0.1) is 5.92 Å². The van der Waals surface area contributed by atoms with E-state index >= 15 is 0 Å². The Morgan fingerprint density at radius 3 is 1.68 bits per heavy atom. The molecule has 0 spiro atoms. The highest BCUT2D eigenvalue weighted by molar-refractivity contribution is 5.22. The number of hydrogen-bond acceptors (Lipinski definition) is 1. The van der Waals surface area contributed by atoms with Crippen LogP contribution >= 0.6 is 0 Å². The molecule has 8 heteroatoms. The second-order valence-electron chi connectivity index (χ2n) is 5.26. The van der Waals surface area contributed by atoms with Crippen molar-refractivity contribution in [2.45, 2.75) is 56.2 Å². The lowest BCUT2D eigenvalue weighted by atomic mass is 9.64. The first kappa shape index (κ1) is 16.5. The van der Waals surface area contributed by atoms with Crippen molar-refractivity contribution in [1.29, 1.82) is 0 Å². The summed E-state index contributed by atoms with van der Waals surface area (Å²) in [6.45, 7) is 1.57. The van der Waals surface area contributed by atoms with Crippen LogP contribution < -0.4 is 0 Å². The maximum atomic E-state index is 14.5. The minimum atomic E-state index is -5.26. The maximum Gasteiger partial charge on any atom is 0.326 e. The predicted molar refractivity (Wildman–Crippen MR) is 53.5 cm³/mol. The number of hydrogen-bond donors (Lipinski definition) is 0. The van der Waals surface area contributed by atoms with Gasteiger partial charge in [-0.15, -0.1) is 0 Å². The van der Waals surface area contributed by atoms with Crippen molar-refractivity contribution in [1.82, 2.24) is 0 Å². The van der Waals surface area contributed by atoms with Crippen molar-refractivity contribution >= 4 is 0 Å².